The number of ether oxygens (including phenoxy) is 1. The minimum atomic E-state index is -0.134. The highest BCUT2D eigenvalue weighted by Crippen LogP contribution is 2.21. The van der Waals surface area contributed by atoms with Crippen molar-refractivity contribution >= 4 is 11.6 Å². The Hall–Kier alpha value is -1.95. The smallest absolute Gasteiger partial charge is 0.120 e. The average molecular weight is 287 g/mol. The summed E-state index contributed by atoms with van der Waals surface area (Å²) in [7, 11) is 0. The first kappa shape index (κ1) is 14.5. The molecule has 2 rings (SSSR count). The molecular formula is C17H15ClO2. The van der Waals surface area contributed by atoms with Gasteiger partial charge >= 0.3 is 0 Å². The monoisotopic (exact) mass is 286 g/mol. The molecule has 0 radical (unpaired) electrons. The SMILES string of the molecule is Cc1cc(OCc2cccc(C#CCO)c2)ccc1Cl. The Kier molecular flexibility index (Phi) is 5.06. The number of hydrogen-bond donors (Lipinski definition) is 1. The molecule has 20 heavy (non-hydrogen) atoms. The van der Waals surface area contributed by atoms with Crippen molar-refractivity contribution in [1.29, 1.82) is 0 Å². The van der Waals surface area contributed by atoms with E-state index in [0.29, 0.717) is 6.61 Å². The summed E-state index contributed by atoms with van der Waals surface area (Å²) in [5.74, 6) is 6.30. The Balaban J connectivity index is 2.05. The first-order valence-electron chi connectivity index (χ1n) is 6.26. The molecule has 0 saturated heterocycles. The van der Waals surface area contributed by atoms with Gasteiger partial charge < -0.3 is 9.84 Å². The molecule has 0 aromatic heterocycles. The summed E-state index contributed by atoms with van der Waals surface area (Å²) in [4.78, 5) is 0. The highest BCUT2D eigenvalue weighted by Gasteiger charge is 2.00. The van der Waals surface area contributed by atoms with Gasteiger partial charge in [-0.05, 0) is 48.4 Å². The molecule has 0 aliphatic rings. The fourth-order valence-electron chi connectivity index (χ4n) is 1.75. The van der Waals surface area contributed by atoms with Crippen LogP contribution in [0, 0.1) is 18.8 Å². The van der Waals surface area contributed by atoms with E-state index in [9.17, 15) is 0 Å². The van der Waals surface area contributed by atoms with E-state index in [1.807, 2.05) is 49.4 Å². The van der Waals surface area contributed by atoms with Gasteiger partial charge in [-0.1, -0.05) is 35.6 Å². The fraction of sp³-hybridized carbons (Fsp3) is 0.176. The minimum Gasteiger partial charge on any atom is -0.489 e. The number of halogens is 1. The van der Waals surface area contributed by atoms with Crippen LogP contribution in [-0.2, 0) is 6.61 Å². The second-order valence-electron chi connectivity index (χ2n) is 4.36. The zero-order valence-electron chi connectivity index (χ0n) is 11.2. The minimum absolute atomic E-state index is 0.134. The van der Waals surface area contributed by atoms with Gasteiger partial charge in [0.15, 0.2) is 0 Å². The molecule has 102 valence electrons. The molecule has 0 atom stereocenters. The van der Waals surface area contributed by atoms with Crippen molar-refractivity contribution in [3.63, 3.8) is 0 Å². The predicted molar refractivity (Wildman–Crippen MR) is 80.9 cm³/mol. The molecule has 2 aromatic carbocycles. The molecule has 3 heteroatoms. The van der Waals surface area contributed by atoms with Crippen LogP contribution in [0.1, 0.15) is 16.7 Å². The molecule has 0 unspecified atom stereocenters. The summed E-state index contributed by atoms with van der Waals surface area (Å²) >= 11 is 5.98. The molecule has 0 saturated carbocycles. The summed E-state index contributed by atoms with van der Waals surface area (Å²) in [6.45, 7) is 2.28. The fourth-order valence-corrected chi connectivity index (χ4v) is 1.87. The molecule has 0 fully saturated rings. The van der Waals surface area contributed by atoms with E-state index in [1.165, 1.54) is 0 Å². The van der Waals surface area contributed by atoms with E-state index >= 15 is 0 Å². The predicted octanol–water partition coefficient (Wildman–Crippen LogP) is 3.57. The van der Waals surface area contributed by atoms with Crippen LogP contribution in [0.15, 0.2) is 42.5 Å². The van der Waals surface area contributed by atoms with Gasteiger partial charge in [-0.3, -0.25) is 0 Å². The maximum absolute atomic E-state index is 8.69. The number of aliphatic hydroxyl groups excluding tert-OH is 1. The zero-order chi connectivity index (χ0) is 14.4. The maximum atomic E-state index is 8.69. The van der Waals surface area contributed by atoms with Crippen LogP contribution in [-0.4, -0.2) is 11.7 Å². The van der Waals surface area contributed by atoms with Crippen molar-refractivity contribution in [2.45, 2.75) is 13.5 Å². The van der Waals surface area contributed by atoms with Crippen molar-refractivity contribution in [2.75, 3.05) is 6.61 Å². The van der Waals surface area contributed by atoms with Gasteiger partial charge in [0.2, 0.25) is 0 Å². The lowest BCUT2D eigenvalue weighted by Gasteiger charge is -2.08. The Bertz CT molecular complexity index is 654. The Labute approximate surface area is 124 Å². The molecule has 0 aliphatic carbocycles. The van der Waals surface area contributed by atoms with Crippen LogP contribution >= 0.6 is 11.6 Å². The van der Waals surface area contributed by atoms with E-state index in [0.717, 1.165) is 27.5 Å². The third-order valence-electron chi connectivity index (χ3n) is 2.77. The summed E-state index contributed by atoms with van der Waals surface area (Å²) in [6, 6.07) is 13.3. The van der Waals surface area contributed by atoms with E-state index in [2.05, 4.69) is 11.8 Å². The molecule has 0 spiro atoms. The number of hydrogen-bond acceptors (Lipinski definition) is 2. The van der Waals surface area contributed by atoms with Gasteiger partial charge in [-0.15, -0.1) is 0 Å². The van der Waals surface area contributed by atoms with Crippen LogP contribution in [0.4, 0.5) is 0 Å². The summed E-state index contributed by atoms with van der Waals surface area (Å²) < 4.78 is 5.73. The molecule has 2 nitrogen and oxygen atoms in total. The van der Waals surface area contributed by atoms with E-state index in [4.69, 9.17) is 21.4 Å². The average Bonchev–Trinajstić information content (AvgIpc) is 2.47. The highest BCUT2D eigenvalue weighted by atomic mass is 35.5. The van der Waals surface area contributed by atoms with Crippen molar-refractivity contribution < 1.29 is 9.84 Å². The number of rotatable bonds is 3. The third-order valence-corrected chi connectivity index (χ3v) is 3.20. The third kappa shape index (κ3) is 4.03. The van der Waals surface area contributed by atoms with Gasteiger partial charge in [0.25, 0.3) is 0 Å². The molecule has 0 aliphatic heterocycles. The Morgan fingerprint density at radius 1 is 1.20 bits per heavy atom. The van der Waals surface area contributed by atoms with E-state index in [-0.39, 0.29) is 6.61 Å². The lowest BCUT2D eigenvalue weighted by molar-refractivity contribution is 0.306. The van der Waals surface area contributed by atoms with Crippen LogP contribution in [0.3, 0.4) is 0 Å². The Morgan fingerprint density at radius 2 is 2.05 bits per heavy atom. The topological polar surface area (TPSA) is 29.5 Å². The van der Waals surface area contributed by atoms with Crippen molar-refractivity contribution in [2.24, 2.45) is 0 Å². The van der Waals surface area contributed by atoms with Crippen LogP contribution in [0.25, 0.3) is 0 Å². The van der Waals surface area contributed by atoms with Crippen LogP contribution in [0.5, 0.6) is 5.75 Å². The molecule has 1 N–H and O–H groups in total. The largest absolute Gasteiger partial charge is 0.489 e. The number of aryl methyl sites for hydroxylation is 1. The molecular weight excluding hydrogens is 272 g/mol. The maximum Gasteiger partial charge on any atom is 0.120 e. The second-order valence-corrected chi connectivity index (χ2v) is 4.77. The van der Waals surface area contributed by atoms with Gasteiger partial charge in [0.05, 0.1) is 0 Å². The van der Waals surface area contributed by atoms with Gasteiger partial charge in [0.1, 0.15) is 19.0 Å². The van der Waals surface area contributed by atoms with E-state index < -0.39 is 0 Å². The first-order chi connectivity index (χ1) is 9.69. The molecule has 0 bridgehead atoms. The van der Waals surface area contributed by atoms with Crippen LogP contribution < -0.4 is 4.74 Å². The van der Waals surface area contributed by atoms with Crippen molar-refractivity contribution in [3.8, 4) is 17.6 Å². The van der Waals surface area contributed by atoms with Crippen LogP contribution in [0.2, 0.25) is 5.02 Å². The van der Waals surface area contributed by atoms with Gasteiger partial charge in [-0.25, -0.2) is 0 Å². The molecule has 0 amide bonds. The Morgan fingerprint density at radius 3 is 2.80 bits per heavy atom. The van der Waals surface area contributed by atoms with Gasteiger partial charge in [0, 0.05) is 10.6 Å². The molecule has 0 heterocycles. The summed E-state index contributed by atoms with van der Waals surface area (Å²) in [5, 5.41) is 9.42. The highest BCUT2D eigenvalue weighted by molar-refractivity contribution is 6.31. The molecule has 2 aromatic rings. The normalized spacial score (nSPS) is 9.75. The zero-order valence-corrected chi connectivity index (χ0v) is 11.9. The number of aliphatic hydroxyl groups is 1. The van der Waals surface area contributed by atoms with Gasteiger partial charge in [-0.2, -0.15) is 0 Å². The standard InChI is InChI=1S/C17H15ClO2/c1-13-10-16(7-8-17(13)18)20-12-15-5-2-4-14(11-15)6-3-9-19/h2,4-5,7-8,10-11,19H,9,12H2,1H3. The summed E-state index contributed by atoms with van der Waals surface area (Å²) in [5.41, 5.74) is 2.89. The van der Waals surface area contributed by atoms with E-state index in [1.54, 1.807) is 0 Å². The quantitative estimate of drug-likeness (QED) is 0.874. The lowest BCUT2D eigenvalue weighted by Crippen LogP contribution is -1.96. The van der Waals surface area contributed by atoms with Crippen molar-refractivity contribution in [1.82, 2.24) is 0 Å². The second kappa shape index (κ2) is 7.00. The lowest BCUT2D eigenvalue weighted by atomic mass is 10.1. The number of benzene rings is 2. The first-order valence-corrected chi connectivity index (χ1v) is 6.64. The summed E-state index contributed by atoms with van der Waals surface area (Å²) in [6.07, 6.45) is 0. The van der Waals surface area contributed by atoms with Crippen molar-refractivity contribution in [3.05, 3.63) is 64.2 Å².